The molecule has 1 aliphatic carbocycles. The van der Waals surface area contributed by atoms with Gasteiger partial charge in [-0.15, -0.1) is 0 Å². The Hall–Kier alpha value is -1.95. The highest BCUT2D eigenvalue weighted by molar-refractivity contribution is 5.96. The van der Waals surface area contributed by atoms with Gasteiger partial charge in [0.15, 0.2) is 5.65 Å². The maximum absolute atomic E-state index is 12.7. The maximum atomic E-state index is 12.7. The number of nitrogens with zero attached hydrogens (tertiary/aromatic N) is 4. The van der Waals surface area contributed by atoms with Gasteiger partial charge in [0.1, 0.15) is 0 Å². The molecule has 1 amide bonds. The molecule has 6 nitrogen and oxygen atoms in total. The predicted octanol–water partition coefficient (Wildman–Crippen LogP) is 1.98. The highest BCUT2D eigenvalue weighted by atomic mass is 16.2. The molecule has 1 atom stereocenters. The molecule has 1 saturated carbocycles. The van der Waals surface area contributed by atoms with Crippen molar-refractivity contribution in [3.8, 4) is 0 Å². The van der Waals surface area contributed by atoms with Crippen molar-refractivity contribution in [1.82, 2.24) is 25.0 Å². The van der Waals surface area contributed by atoms with Crippen LogP contribution in [0.15, 0.2) is 18.5 Å². The van der Waals surface area contributed by atoms with Gasteiger partial charge in [0, 0.05) is 31.2 Å². The first-order valence-electron chi connectivity index (χ1n) is 8.55. The number of pyridine rings is 1. The van der Waals surface area contributed by atoms with Gasteiger partial charge in [-0.1, -0.05) is 12.8 Å². The number of amides is 1. The van der Waals surface area contributed by atoms with Crippen LogP contribution in [0.1, 0.15) is 48.5 Å². The van der Waals surface area contributed by atoms with E-state index in [2.05, 4.69) is 15.4 Å². The van der Waals surface area contributed by atoms with Crippen molar-refractivity contribution in [1.29, 1.82) is 0 Å². The van der Waals surface area contributed by atoms with Gasteiger partial charge < -0.3 is 10.2 Å². The van der Waals surface area contributed by atoms with Gasteiger partial charge in [-0.05, 0) is 31.9 Å². The fourth-order valence-corrected chi connectivity index (χ4v) is 3.81. The maximum Gasteiger partial charge on any atom is 0.255 e. The Morgan fingerprint density at radius 2 is 2.13 bits per heavy atom. The molecule has 6 heteroatoms. The SMILES string of the molecule is CN(C(=O)c1cnc2c(cnn2C2CCCC2)c1)C1CCNC1. The normalized spacial score (nSPS) is 22.0. The highest BCUT2D eigenvalue weighted by Crippen LogP contribution is 2.31. The minimum Gasteiger partial charge on any atom is -0.337 e. The number of fused-ring (bicyclic) bond motifs is 1. The van der Waals surface area contributed by atoms with Crippen molar-refractivity contribution < 1.29 is 4.79 Å². The van der Waals surface area contributed by atoms with E-state index in [9.17, 15) is 4.79 Å². The predicted molar refractivity (Wildman–Crippen MR) is 88.4 cm³/mol. The van der Waals surface area contributed by atoms with Crippen molar-refractivity contribution in [3.05, 3.63) is 24.0 Å². The topological polar surface area (TPSA) is 63.1 Å². The van der Waals surface area contributed by atoms with Crippen LogP contribution in [-0.2, 0) is 0 Å². The number of carbonyl (C=O) groups excluding carboxylic acids is 1. The second-order valence-corrected chi connectivity index (χ2v) is 6.73. The number of nitrogens with one attached hydrogen (secondary N) is 1. The number of hydrogen-bond donors (Lipinski definition) is 1. The minimum absolute atomic E-state index is 0.0433. The molecule has 0 aromatic carbocycles. The van der Waals surface area contributed by atoms with Crippen molar-refractivity contribution in [2.75, 3.05) is 20.1 Å². The van der Waals surface area contributed by atoms with E-state index in [-0.39, 0.29) is 11.9 Å². The third-order valence-corrected chi connectivity index (χ3v) is 5.25. The van der Waals surface area contributed by atoms with Crippen LogP contribution in [0.2, 0.25) is 0 Å². The third kappa shape index (κ3) is 2.61. The summed E-state index contributed by atoms with van der Waals surface area (Å²) in [5.41, 5.74) is 1.55. The van der Waals surface area contributed by atoms with E-state index < -0.39 is 0 Å². The molecule has 3 heterocycles. The van der Waals surface area contributed by atoms with E-state index >= 15 is 0 Å². The molecule has 1 N–H and O–H groups in total. The standard InChI is InChI=1S/C17H23N5O/c1-21(15-6-7-18-11-15)17(23)13-8-12-10-20-22(16(12)19-9-13)14-4-2-3-5-14/h8-10,14-15,18H,2-7,11H2,1H3. The summed E-state index contributed by atoms with van der Waals surface area (Å²) in [5, 5.41) is 8.78. The van der Waals surface area contributed by atoms with Crippen LogP contribution in [0.25, 0.3) is 11.0 Å². The summed E-state index contributed by atoms with van der Waals surface area (Å²) in [4.78, 5) is 19.1. The molecule has 0 radical (unpaired) electrons. The molecule has 0 bridgehead atoms. The van der Waals surface area contributed by atoms with Crippen LogP contribution in [0, 0.1) is 0 Å². The summed E-state index contributed by atoms with van der Waals surface area (Å²) < 4.78 is 2.04. The average molecular weight is 313 g/mol. The second kappa shape index (κ2) is 5.92. The molecule has 2 aliphatic rings. The van der Waals surface area contributed by atoms with Crippen LogP contribution < -0.4 is 5.32 Å². The molecule has 1 unspecified atom stereocenters. The monoisotopic (exact) mass is 313 g/mol. The van der Waals surface area contributed by atoms with E-state index in [0.717, 1.165) is 30.5 Å². The van der Waals surface area contributed by atoms with Gasteiger partial charge in [-0.3, -0.25) is 4.79 Å². The van der Waals surface area contributed by atoms with E-state index in [1.165, 1.54) is 25.7 Å². The van der Waals surface area contributed by atoms with Gasteiger partial charge in [0.2, 0.25) is 0 Å². The van der Waals surface area contributed by atoms with Crippen molar-refractivity contribution in [2.24, 2.45) is 0 Å². The zero-order valence-electron chi connectivity index (χ0n) is 13.5. The number of aromatic nitrogens is 3. The molecular formula is C17H23N5O. The summed E-state index contributed by atoms with van der Waals surface area (Å²) in [7, 11) is 1.88. The lowest BCUT2D eigenvalue weighted by molar-refractivity contribution is 0.0743. The van der Waals surface area contributed by atoms with E-state index in [4.69, 9.17) is 0 Å². The van der Waals surface area contributed by atoms with Crippen LogP contribution in [0.5, 0.6) is 0 Å². The summed E-state index contributed by atoms with van der Waals surface area (Å²) in [6, 6.07) is 2.68. The van der Waals surface area contributed by atoms with Gasteiger partial charge >= 0.3 is 0 Å². The van der Waals surface area contributed by atoms with Crippen LogP contribution in [0.3, 0.4) is 0 Å². The highest BCUT2D eigenvalue weighted by Gasteiger charge is 2.25. The third-order valence-electron chi connectivity index (χ3n) is 5.25. The number of likely N-dealkylation sites (N-methyl/N-ethyl adjacent to an activating group) is 1. The molecule has 1 saturated heterocycles. The first kappa shape index (κ1) is 14.6. The smallest absolute Gasteiger partial charge is 0.255 e. The summed E-state index contributed by atoms with van der Waals surface area (Å²) >= 11 is 0. The lowest BCUT2D eigenvalue weighted by Crippen LogP contribution is -2.38. The largest absolute Gasteiger partial charge is 0.337 e. The Morgan fingerprint density at radius 3 is 2.87 bits per heavy atom. The quantitative estimate of drug-likeness (QED) is 0.941. The molecule has 2 aromatic heterocycles. The molecular weight excluding hydrogens is 290 g/mol. The summed E-state index contributed by atoms with van der Waals surface area (Å²) in [6.45, 7) is 1.85. The van der Waals surface area contributed by atoms with E-state index in [0.29, 0.717) is 11.6 Å². The Balaban J connectivity index is 1.60. The lowest BCUT2D eigenvalue weighted by Gasteiger charge is -2.23. The van der Waals surface area contributed by atoms with Gasteiger partial charge in [-0.25, -0.2) is 9.67 Å². The molecule has 0 spiro atoms. The number of rotatable bonds is 3. The van der Waals surface area contributed by atoms with Gasteiger partial charge in [0.05, 0.1) is 17.8 Å². The molecule has 2 aromatic rings. The van der Waals surface area contributed by atoms with E-state index in [1.807, 2.05) is 28.9 Å². The summed E-state index contributed by atoms with van der Waals surface area (Å²) in [6.07, 6.45) is 9.45. The Kier molecular flexibility index (Phi) is 3.77. The number of hydrogen-bond acceptors (Lipinski definition) is 4. The molecule has 122 valence electrons. The van der Waals surface area contributed by atoms with Crippen molar-refractivity contribution in [2.45, 2.75) is 44.2 Å². The first-order chi connectivity index (χ1) is 11.2. The Morgan fingerprint density at radius 1 is 1.30 bits per heavy atom. The molecule has 4 rings (SSSR count). The first-order valence-corrected chi connectivity index (χ1v) is 8.55. The fraction of sp³-hybridized carbons (Fsp3) is 0.588. The van der Waals surface area contributed by atoms with Crippen LogP contribution in [0.4, 0.5) is 0 Å². The molecule has 23 heavy (non-hydrogen) atoms. The summed E-state index contributed by atoms with van der Waals surface area (Å²) in [5.74, 6) is 0.0433. The molecule has 1 aliphatic heterocycles. The fourth-order valence-electron chi connectivity index (χ4n) is 3.81. The Labute approximate surface area is 135 Å². The minimum atomic E-state index is 0.0433. The van der Waals surface area contributed by atoms with Crippen molar-refractivity contribution in [3.63, 3.8) is 0 Å². The molecule has 2 fully saturated rings. The second-order valence-electron chi connectivity index (χ2n) is 6.73. The average Bonchev–Trinajstić information content (AvgIpc) is 3.32. The zero-order valence-corrected chi connectivity index (χ0v) is 13.5. The van der Waals surface area contributed by atoms with Gasteiger partial charge in [-0.2, -0.15) is 5.10 Å². The van der Waals surface area contributed by atoms with E-state index in [1.54, 1.807) is 6.20 Å². The lowest BCUT2D eigenvalue weighted by atomic mass is 10.1. The van der Waals surface area contributed by atoms with Crippen molar-refractivity contribution >= 4 is 16.9 Å². The van der Waals surface area contributed by atoms with Gasteiger partial charge in [0.25, 0.3) is 5.91 Å². The van der Waals surface area contributed by atoms with Crippen LogP contribution in [-0.4, -0.2) is 51.8 Å². The number of carbonyl (C=O) groups is 1. The zero-order chi connectivity index (χ0) is 15.8. The Bertz CT molecular complexity index is 713. The van der Waals surface area contributed by atoms with Crippen LogP contribution >= 0.6 is 0 Å².